The van der Waals surface area contributed by atoms with Crippen molar-refractivity contribution in [2.75, 3.05) is 26.7 Å². The molecule has 14 rings (SSSR count). The molecule has 0 saturated carbocycles. The van der Waals surface area contributed by atoms with Crippen LogP contribution < -0.4 is 73.5 Å². The number of fused-ring (bicyclic) bond motifs is 16. The van der Waals surface area contributed by atoms with Gasteiger partial charge in [0.05, 0.1) is 36.3 Å². The molecule has 35 nitrogen and oxygen atoms in total. The molecule has 2 fully saturated rings. The Kier molecular flexibility index (Phi) is 26.1. The number of carbonyl (C=O) groups is 9. The number of carbonyl (C=O) groups excluding carboxylic acids is 9. The van der Waals surface area contributed by atoms with Crippen molar-refractivity contribution in [1.29, 1.82) is 0 Å². The molecule has 0 radical (unpaired) electrons. The second-order valence-electron chi connectivity index (χ2n) is 30.1. The number of phenols is 3. The number of nitrogens with one attached hydrogen (secondary N) is 9. The molecule has 18 atom stereocenters. The fourth-order valence-corrected chi connectivity index (χ4v) is 14.9. The monoisotopic (exact) mass is 1650 g/mol. The zero-order valence-corrected chi connectivity index (χ0v) is 64.9. The number of phenolic OH excluding ortho intramolecular Hbond substituents is 3. The van der Waals surface area contributed by atoms with Gasteiger partial charge in [-0.05, 0) is 157 Å². The van der Waals surface area contributed by atoms with Crippen LogP contribution in [0.2, 0.25) is 5.02 Å². The molecule has 118 heavy (non-hydrogen) atoms. The van der Waals surface area contributed by atoms with Crippen LogP contribution in [0.1, 0.15) is 127 Å². The molecule has 3 unspecified atom stereocenters. The van der Waals surface area contributed by atoms with Crippen molar-refractivity contribution in [3.63, 3.8) is 0 Å². The number of likely N-dealkylation sites (N-methyl/N-ethyl adjacent to an activating group) is 1. The van der Waals surface area contributed by atoms with Gasteiger partial charge in [0.1, 0.15) is 95.5 Å². The van der Waals surface area contributed by atoms with Crippen LogP contribution in [0.15, 0.2) is 121 Å². The summed E-state index contributed by atoms with van der Waals surface area (Å²) in [5.41, 5.74) is 9.55. The van der Waals surface area contributed by atoms with Gasteiger partial charge >= 0.3 is 0 Å². The molecule has 2 saturated heterocycles. The van der Waals surface area contributed by atoms with E-state index in [9.17, 15) is 69.9 Å². The molecule has 0 aromatic heterocycles. The summed E-state index contributed by atoms with van der Waals surface area (Å²) >= 11 is 7.19. The maximum absolute atomic E-state index is 16.3. The topological polar surface area (TPSA) is 551 Å². The van der Waals surface area contributed by atoms with Crippen molar-refractivity contribution >= 4 is 75.5 Å². The van der Waals surface area contributed by atoms with Crippen LogP contribution in [0.5, 0.6) is 46.0 Å². The van der Waals surface area contributed by atoms with E-state index < -0.39 is 237 Å². The summed E-state index contributed by atoms with van der Waals surface area (Å²) < 4.78 is 38.7. The minimum Gasteiger partial charge on any atom is -0.508 e. The highest BCUT2D eigenvalue weighted by Gasteiger charge is 2.52. The summed E-state index contributed by atoms with van der Waals surface area (Å²) in [5, 5.41) is 130. The van der Waals surface area contributed by atoms with Crippen molar-refractivity contribution in [3.05, 3.63) is 165 Å². The Morgan fingerprint density at radius 1 is 0.703 bits per heavy atom. The van der Waals surface area contributed by atoms with Crippen LogP contribution in [0, 0.1) is 18.3 Å². The average Bonchev–Trinajstić information content (AvgIpc) is 0.764. The lowest BCUT2D eigenvalue weighted by Gasteiger charge is -2.47. The van der Waals surface area contributed by atoms with Crippen LogP contribution in [0.3, 0.4) is 0 Å². The number of terminal acetylenes is 1. The van der Waals surface area contributed by atoms with Gasteiger partial charge in [0.15, 0.2) is 23.9 Å². The van der Waals surface area contributed by atoms with Crippen LogP contribution >= 0.6 is 11.6 Å². The lowest BCUT2D eigenvalue weighted by molar-refractivity contribution is -0.333. The summed E-state index contributed by atoms with van der Waals surface area (Å²) in [6.45, 7) is 5.49. The van der Waals surface area contributed by atoms with Gasteiger partial charge in [-0.3, -0.25) is 43.2 Å². The summed E-state index contributed by atoms with van der Waals surface area (Å²) in [4.78, 5) is 134. The first kappa shape index (κ1) is 85.6. The van der Waals surface area contributed by atoms with Crippen LogP contribution in [0.25, 0.3) is 21.9 Å². The fraction of sp³-hybridized carbons (Fsp3) is 0.378. The van der Waals surface area contributed by atoms with Gasteiger partial charge in [-0.1, -0.05) is 67.8 Å². The lowest BCUT2D eigenvalue weighted by atomic mass is 9.86. The molecule has 22 N–H and O–H groups in total. The highest BCUT2D eigenvalue weighted by atomic mass is 35.5. The SMILES string of the molecule is C#Cc1ccc2cc(C(=O)NCCCNC(=O)C3NC(=O)[C@H]4NC(=O)[C@H](NC(=O)C5NC(=O)[C@H](CC(N)=O)NC(=O)[C@H](NC(=O)[C@@H](CC(C)C)NC)[C@H](O)c6ccc(cc6)Oc6cc5cc(c6O[C@@H]5O[C@H](CO)[C@@H](O)[C@H](O)[C@H]5OC5C[C@](C)(N)[C@H](O)[C@H](C)O5)Oc5ccc(cc5Cl)[C@H]4O)c4ccc(O)c(c4)-c4c(O)cc(O)cc43)ccc2c1. The highest BCUT2D eigenvalue weighted by Crippen LogP contribution is 2.49. The molecule has 7 aromatic rings. The second-order valence-corrected chi connectivity index (χ2v) is 30.5. The molecule has 7 heterocycles. The number of aliphatic hydroxyl groups is 6. The van der Waals surface area contributed by atoms with Gasteiger partial charge in [0, 0.05) is 53.4 Å². The smallest absolute Gasteiger partial charge is 0.251 e. The predicted molar refractivity (Wildman–Crippen MR) is 418 cm³/mol. The summed E-state index contributed by atoms with van der Waals surface area (Å²) in [6.07, 6.45) is -12.7. The summed E-state index contributed by atoms with van der Waals surface area (Å²) in [5.74, 6) is -12.4. The first-order valence-corrected chi connectivity index (χ1v) is 38.1. The molecule has 7 aliphatic rings. The molecule has 11 bridgehead atoms. The molecule has 0 aliphatic carbocycles. The van der Waals surface area contributed by atoms with E-state index in [1.165, 1.54) is 51.2 Å². The number of ether oxygens (including phenoxy) is 6. The van der Waals surface area contributed by atoms with E-state index in [4.69, 9.17) is 57.9 Å². The number of hydrogen-bond acceptors (Lipinski definition) is 26. The van der Waals surface area contributed by atoms with E-state index >= 15 is 19.2 Å². The molecular weight excluding hydrogens is 1560 g/mol. The number of amides is 9. The van der Waals surface area contributed by atoms with Crippen molar-refractivity contribution in [3.8, 4) is 69.5 Å². The van der Waals surface area contributed by atoms with Gasteiger partial charge in [0.25, 0.3) is 5.91 Å². The molecule has 624 valence electrons. The third kappa shape index (κ3) is 18.8. The highest BCUT2D eigenvalue weighted by molar-refractivity contribution is 6.32. The number of nitrogens with two attached hydrogens (primary N) is 2. The van der Waals surface area contributed by atoms with E-state index in [1.54, 1.807) is 36.4 Å². The summed E-state index contributed by atoms with van der Waals surface area (Å²) in [6, 6.07) is 12.1. The molecule has 7 aromatic carbocycles. The fourth-order valence-electron chi connectivity index (χ4n) is 14.6. The minimum absolute atomic E-state index is 0.0161. The molecule has 36 heteroatoms. The Morgan fingerprint density at radius 3 is 2.06 bits per heavy atom. The standard InChI is InChI=1S/C82H90ClN11O24/c1-7-37-9-10-40-25-43(12-11-39(40)24-37)73(105)87-21-8-22-88-76(108)63-48-30-45(96)31-53(98)60(48)47-26-41(15-19-52(47)97)61-77(109)94-65(80(112)92-63)67(101)42-16-20-54(49(83)27-42)115-56-29-44-28-55(70(56)118-81-71(69(103)68(102)57(34-95)116-81)117-59-33-82(5,85)72(104)36(4)113-59)114-46-17-13-38(14-18-46)66(100)64(93-74(106)50(86-6)23-35(2)3)79(111)89-51(32-58(84)99)75(107)90-62(44)78(110)91-61/h1,9-20,24-31,35-36,50-51,57,59,61-69,71-72,81,86,95-98,100-104H,8,21-23,32-34,85H2,2-6H3,(H2,84,99)(H,87,105)(H,88,108)(H,89,111)(H,90,107)(H,91,110)(H,92,112)(H,93,106)(H,94,109)/t36-,50+,51-,57+,59?,61+,62?,63?,64+,65-,66+,67+,68+,69-,71+,72+,81-,82-/m0/s1. The van der Waals surface area contributed by atoms with Crippen molar-refractivity contribution in [2.45, 2.75) is 163 Å². The Balaban J connectivity index is 1.01. The lowest BCUT2D eigenvalue weighted by Crippen LogP contribution is -2.64. The van der Waals surface area contributed by atoms with Gasteiger partial charge in [-0.15, -0.1) is 6.42 Å². The second kappa shape index (κ2) is 36.0. The van der Waals surface area contributed by atoms with E-state index in [0.29, 0.717) is 11.1 Å². The zero-order chi connectivity index (χ0) is 85.0. The molecule has 0 spiro atoms. The van der Waals surface area contributed by atoms with E-state index in [0.717, 1.165) is 65.4 Å². The number of aromatic hydroxyl groups is 3. The Labute approximate surface area is 679 Å². The van der Waals surface area contributed by atoms with Crippen molar-refractivity contribution in [2.24, 2.45) is 17.4 Å². The summed E-state index contributed by atoms with van der Waals surface area (Å²) in [7, 11) is 1.49. The Morgan fingerprint density at radius 2 is 1.37 bits per heavy atom. The van der Waals surface area contributed by atoms with E-state index in [1.807, 2.05) is 13.8 Å². The number of rotatable bonds is 18. The molecule has 7 aliphatic heterocycles. The van der Waals surface area contributed by atoms with Crippen LogP contribution in [-0.4, -0.2) is 205 Å². The van der Waals surface area contributed by atoms with Gasteiger partial charge in [0.2, 0.25) is 59.3 Å². The molecular formula is C82H90ClN11O24. The first-order chi connectivity index (χ1) is 56.1. The predicted octanol–water partition coefficient (Wildman–Crippen LogP) is 1.44. The minimum atomic E-state index is -2.33. The average molecular weight is 1650 g/mol. The Hall–Kier alpha value is -11.8. The van der Waals surface area contributed by atoms with Gasteiger partial charge in [-0.25, -0.2) is 0 Å². The van der Waals surface area contributed by atoms with E-state index in [-0.39, 0.29) is 66.5 Å². The van der Waals surface area contributed by atoms with Crippen molar-refractivity contribution in [1.82, 2.24) is 47.9 Å². The molecule has 9 amide bonds. The normalized spacial score (nSPS) is 26.7. The Bertz CT molecular complexity index is 5090. The zero-order valence-electron chi connectivity index (χ0n) is 64.1. The van der Waals surface area contributed by atoms with E-state index in [2.05, 4.69) is 53.8 Å². The third-order valence-corrected chi connectivity index (χ3v) is 21.2. The number of primary amides is 1. The maximum atomic E-state index is 16.3. The quantitative estimate of drug-likeness (QED) is 0.0427. The number of halogens is 1. The first-order valence-electron chi connectivity index (χ1n) is 37.7. The number of hydrogen-bond donors (Lipinski definition) is 20. The van der Waals surface area contributed by atoms with Crippen LogP contribution in [0.4, 0.5) is 0 Å². The number of benzene rings is 7. The van der Waals surface area contributed by atoms with Gasteiger partial charge < -0.3 is 134 Å². The van der Waals surface area contributed by atoms with Crippen molar-refractivity contribution < 1.29 is 118 Å². The number of aliphatic hydroxyl groups excluding tert-OH is 6. The third-order valence-electron chi connectivity index (χ3n) is 20.9. The largest absolute Gasteiger partial charge is 0.508 e. The maximum Gasteiger partial charge on any atom is 0.251 e. The van der Waals surface area contributed by atoms with Crippen LogP contribution in [-0.2, 0) is 52.6 Å². The van der Waals surface area contributed by atoms with Gasteiger partial charge in [-0.2, -0.15) is 0 Å².